The summed E-state index contributed by atoms with van der Waals surface area (Å²) in [6.07, 6.45) is 0.899. The van der Waals surface area contributed by atoms with Crippen LogP contribution in [0.5, 0.6) is 0 Å². The second-order valence-corrected chi connectivity index (χ2v) is 5.96. The number of carbonyl (C=O) groups is 2. The van der Waals surface area contributed by atoms with Gasteiger partial charge in [0.25, 0.3) is 0 Å². The van der Waals surface area contributed by atoms with E-state index in [1.165, 1.54) is 0 Å². The van der Waals surface area contributed by atoms with Crippen molar-refractivity contribution in [3.05, 3.63) is 34.9 Å². The number of benzene rings is 1. The molecule has 4 atom stereocenters. The van der Waals surface area contributed by atoms with E-state index in [0.717, 1.165) is 18.4 Å². The van der Waals surface area contributed by atoms with Gasteiger partial charge in [0.15, 0.2) is 0 Å². The summed E-state index contributed by atoms with van der Waals surface area (Å²) in [5, 5.41) is 12.7. The van der Waals surface area contributed by atoms with Crippen LogP contribution in [-0.4, -0.2) is 29.2 Å². The highest BCUT2D eigenvalue weighted by atomic mass is 35.5. The van der Waals surface area contributed by atoms with Crippen molar-refractivity contribution in [3.8, 4) is 0 Å². The molecular formula is C15H16ClNO4. The van der Waals surface area contributed by atoms with Gasteiger partial charge in [-0.3, -0.25) is 9.59 Å². The Kier molecular flexibility index (Phi) is 3.87. The molecule has 2 N–H and O–H groups in total. The maximum atomic E-state index is 12.3. The van der Waals surface area contributed by atoms with Crippen molar-refractivity contribution in [2.45, 2.75) is 31.6 Å². The summed E-state index contributed by atoms with van der Waals surface area (Å²) in [7, 11) is 0. The summed E-state index contributed by atoms with van der Waals surface area (Å²) in [5.74, 6) is -2.51. The Bertz CT molecular complexity index is 559. The number of hydrogen-bond donors (Lipinski definition) is 2. The van der Waals surface area contributed by atoms with Crippen molar-refractivity contribution >= 4 is 23.5 Å². The number of aliphatic carboxylic acids is 1. The molecular weight excluding hydrogens is 294 g/mol. The zero-order valence-corrected chi connectivity index (χ0v) is 12.0. The van der Waals surface area contributed by atoms with Gasteiger partial charge in [0.05, 0.1) is 24.0 Å². The van der Waals surface area contributed by atoms with Crippen LogP contribution in [0.4, 0.5) is 0 Å². The van der Waals surface area contributed by atoms with Crippen molar-refractivity contribution in [1.29, 1.82) is 0 Å². The Morgan fingerprint density at radius 2 is 1.81 bits per heavy atom. The smallest absolute Gasteiger partial charge is 0.310 e. The highest BCUT2D eigenvalue weighted by Gasteiger charge is 2.55. The number of ether oxygens (including phenoxy) is 1. The van der Waals surface area contributed by atoms with Gasteiger partial charge in [-0.15, -0.1) is 0 Å². The number of nitrogens with one attached hydrogen (secondary N) is 1. The van der Waals surface area contributed by atoms with Crippen molar-refractivity contribution in [2.75, 3.05) is 0 Å². The molecule has 6 heteroatoms. The summed E-state index contributed by atoms with van der Waals surface area (Å²) in [5.41, 5.74) is 0.920. The topological polar surface area (TPSA) is 75.6 Å². The molecule has 112 valence electrons. The fraction of sp³-hybridized carbons (Fsp3) is 0.467. The average molecular weight is 310 g/mol. The Morgan fingerprint density at radius 3 is 2.43 bits per heavy atom. The Balaban J connectivity index is 1.64. The van der Waals surface area contributed by atoms with E-state index in [0.29, 0.717) is 11.6 Å². The van der Waals surface area contributed by atoms with E-state index in [4.69, 9.17) is 16.3 Å². The first-order chi connectivity index (χ1) is 10.1. The third kappa shape index (κ3) is 2.76. The Morgan fingerprint density at radius 1 is 1.19 bits per heavy atom. The molecule has 2 bridgehead atoms. The number of amides is 1. The molecule has 0 unspecified atom stereocenters. The lowest BCUT2D eigenvalue weighted by Crippen LogP contribution is -2.43. The quantitative estimate of drug-likeness (QED) is 0.890. The zero-order valence-electron chi connectivity index (χ0n) is 11.3. The van der Waals surface area contributed by atoms with Crippen LogP contribution in [0.2, 0.25) is 5.02 Å². The molecule has 0 radical (unpaired) electrons. The molecule has 3 rings (SSSR count). The first-order valence-electron chi connectivity index (χ1n) is 6.96. The fourth-order valence-electron chi connectivity index (χ4n) is 3.23. The average Bonchev–Trinajstić information content (AvgIpc) is 3.06. The number of carboxylic acids is 1. The highest BCUT2D eigenvalue weighted by Crippen LogP contribution is 2.43. The molecule has 0 aromatic heterocycles. The third-order valence-corrected chi connectivity index (χ3v) is 4.49. The van der Waals surface area contributed by atoms with Crippen molar-refractivity contribution < 1.29 is 19.4 Å². The minimum atomic E-state index is -0.950. The van der Waals surface area contributed by atoms with Crippen LogP contribution in [0.25, 0.3) is 0 Å². The minimum absolute atomic E-state index is 0.246. The van der Waals surface area contributed by atoms with Gasteiger partial charge in [-0.05, 0) is 30.5 Å². The molecule has 2 aliphatic rings. The van der Waals surface area contributed by atoms with Crippen molar-refractivity contribution in [1.82, 2.24) is 5.32 Å². The second kappa shape index (κ2) is 5.66. The lowest BCUT2D eigenvalue weighted by molar-refractivity contribution is -0.147. The van der Waals surface area contributed by atoms with E-state index in [1.807, 2.05) is 12.1 Å². The monoisotopic (exact) mass is 309 g/mol. The van der Waals surface area contributed by atoms with Crippen LogP contribution in [0.3, 0.4) is 0 Å². The molecule has 0 spiro atoms. The summed E-state index contributed by atoms with van der Waals surface area (Å²) in [4.78, 5) is 23.7. The summed E-state index contributed by atoms with van der Waals surface area (Å²) >= 11 is 5.81. The molecule has 2 saturated heterocycles. The zero-order chi connectivity index (χ0) is 15.0. The summed E-state index contributed by atoms with van der Waals surface area (Å²) in [6, 6.07) is 7.16. The van der Waals surface area contributed by atoms with E-state index in [2.05, 4.69) is 5.32 Å². The molecule has 1 amide bonds. The summed E-state index contributed by atoms with van der Waals surface area (Å²) in [6.45, 7) is 0.357. The highest BCUT2D eigenvalue weighted by molar-refractivity contribution is 6.30. The maximum Gasteiger partial charge on any atom is 0.310 e. The third-order valence-electron chi connectivity index (χ3n) is 4.24. The van der Waals surface area contributed by atoms with Crippen LogP contribution >= 0.6 is 11.6 Å². The summed E-state index contributed by atoms with van der Waals surface area (Å²) < 4.78 is 5.59. The number of fused-ring (bicyclic) bond motifs is 2. The van der Waals surface area contributed by atoms with E-state index < -0.39 is 17.8 Å². The number of carboxylic acid groups (broad SMARTS) is 1. The number of hydrogen-bond acceptors (Lipinski definition) is 3. The van der Waals surface area contributed by atoms with E-state index in [9.17, 15) is 14.7 Å². The van der Waals surface area contributed by atoms with E-state index in [-0.39, 0.29) is 18.1 Å². The molecule has 0 saturated carbocycles. The van der Waals surface area contributed by atoms with Gasteiger partial charge in [-0.2, -0.15) is 0 Å². The molecule has 2 heterocycles. The Hall–Kier alpha value is -1.59. The SMILES string of the molecule is O=C(O)[C@@H]1[C@H](C(=O)NCc2ccc(Cl)cc2)[C@H]2CC[C@@H]1O2. The fourth-order valence-corrected chi connectivity index (χ4v) is 3.36. The van der Waals surface area contributed by atoms with Gasteiger partial charge in [0.1, 0.15) is 0 Å². The molecule has 5 nitrogen and oxygen atoms in total. The molecule has 2 aliphatic heterocycles. The number of carbonyl (C=O) groups excluding carboxylic acids is 1. The second-order valence-electron chi connectivity index (χ2n) is 5.52. The normalized spacial score (nSPS) is 30.3. The number of rotatable bonds is 4. The largest absolute Gasteiger partial charge is 0.481 e. The van der Waals surface area contributed by atoms with Crippen molar-refractivity contribution in [2.24, 2.45) is 11.8 Å². The maximum absolute atomic E-state index is 12.3. The van der Waals surface area contributed by atoms with Gasteiger partial charge in [-0.1, -0.05) is 23.7 Å². The van der Waals surface area contributed by atoms with E-state index in [1.54, 1.807) is 12.1 Å². The van der Waals surface area contributed by atoms with Crippen LogP contribution in [-0.2, 0) is 20.9 Å². The van der Waals surface area contributed by atoms with Gasteiger partial charge in [-0.25, -0.2) is 0 Å². The molecule has 2 fully saturated rings. The van der Waals surface area contributed by atoms with Gasteiger partial charge in [0.2, 0.25) is 5.91 Å². The molecule has 21 heavy (non-hydrogen) atoms. The van der Waals surface area contributed by atoms with Crippen molar-refractivity contribution in [3.63, 3.8) is 0 Å². The standard InChI is InChI=1S/C15H16ClNO4/c16-9-3-1-8(2-4-9)7-17-14(18)12-10-5-6-11(21-10)13(12)15(19)20/h1-4,10-13H,5-7H2,(H,17,18)(H,19,20)/t10-,11+,12-,13+/m1/s1. The predicted molar refractivity (Wildman–Crippen MR) is 75.8 cm³/mol. The van der Waals surface area contributed by atoms with Crippen LogP contribution in [0.1, 0.15) is 18.4 Å². The molecule has 1 aromatic rings. The predicted octanol–water partition coefficient (Wildman–Crippen LogP) is 1.83. The first kappa shape index (κ1) is 14.4. The molecule has 0 aliphatic carbocycles. The van der Waals surface area contributed by atoms with Gasteiger partial charge >= 0.3 is 5.97 Å². The van der Waals surface area contributed by atoms with Crippen LogP contribution in [0.15, 0.2) is 24.3 Å². The van der Waals surface area contributed by atoms with Gasteiger partial charge < -0.3 is 15.2 Å². The number of halogens is 1. The van der Waals surface area contributed by atoms with Crippen LogP contribution in [0, 0.1) is 11.8 Å². The van der Waals surface area contributed by atoms with Gasteiger partial charge in [0, 0.05) is 11.6 Å². The first-order valence-corrected chi connectivity index (χ1v) is 7.34. The van der Waals surface area contributed by atoms with Crippen LogP contribution < -0.4 is 5.32 Å². The molecule has 1 aromatic carbocycles. The Labute approximate surface area is 127 Å². The van der Waals surface area contributed by atoms with E-state index >= 15 is 0 Å². The lowest BCUT2D eigenvalue weighted by Gasteiger charge is -2.23. The minimum Gasteiger partial charge on any atom is -0.481 e. The lowest BCUT2D eigenvalue weighted by atomic mass is 9.78.